The van der Waals surface area contributed by atoms with Gasteiger partial charge in [0, 0.05) is 0 Å². The zero-order valence-electron chi connectivity index (χ0n) is 10.00. The molecule has 1 aromatic heterocycles. The fourth-order valence-corrected chi connectivity index (χ4v) is 3.08. The molecule has 0 aliphatic carbocycles. The molecule has 0 spiro atoms. The first-order chi connectivity index (χ1) is 8.88. The molecule has 2 heterocycles. The Morgan fingerprint density at radius 1 is 1.28 bits per heavy atom. The quantitative estimate of drug-likeness (QED) is 0.754. The van der Waals surface area contributed by atoms with E-state index in [2.05, 4.69) is 25.3 Å². The first kappa shape index (κ1) is 11.4. The second-order valence-electron chi connectivity index (χ2n) is 3.93. The number of aryl methyl sites for hydroxylation is 1. The molecule has 0 atom stereocenters. The minimum absolute atomic E-state index is 0.0192. The summed E-state index contributed by atoms with van der Waals surface area (Å²) in [5.41, 5.74) is 4.24. The SMILES string of the molecule is CCn1nccc1CNc1cccc2c1N=[Se]=N2. The Kier molecular flexibility index (Phi) is 3.13. The molecule has 0 saturated heterocycles. The van der Waals surface area contributed by atoms with E-state index in [0.717, 1.165) is 30.2 Å². The summed E-state index contributed by atoms with van der Waals surface area (Å²) in [4.78, 5) is 0. The maximum atomic E-state index is 4.45. The number of nitrogens with one attached hydrogen (secondary N) is 1. The third kappa shape index (κ3) is 2.05. The van der Waals surface area contributed by atoms with Crippen LogP contribution in [0.3, 0.4) is 0 Å². The molecule has 1 aliphatic heterocycles. The van der Waals surface area contributed by atoms with E-state index in [9.17, 15) is 0 Å². The summed E-state index contributed by atoms with van der Waals surface area (Å²) in [5.74, 6) is 0. The molecule has 1 aliphatic rings. The predicted octanol–water partition coefficient (Wildman–Crippen LogP) is 2.86. The van der Waals surface area contributed by atoms with Crippen LogP contribution in [-0.4, -0.2) is 24.3 Å². The van der Waals surface area contributed by atoms with Gasteiger partial charge in [0.25, 0.3) is 0 Å². The zero-order chi connectivity index (χ0) is 12.4. The Bertz CT molecular complexity index is 640. The van der Waals surface area contributed by atoms with Crippen LogP contribution in [-0.2, 0) is 13.1 Å². The number of anilines is 1. The summed E-state index contributed by atoms with van der Waals surface area (Å²) in [6.45, 7) is 3.74. The van der Waals surface area contributed by atoms with E-state index in [1.54, 1.807) is 0 Å². The van der Waals surface area contributed by atoms with Crippen molar-refractivity contribution in [2.24, 2.45) is 7.92 Å². The van der Waals surface area contributed by atoms with E-state index >= 15 is 0 Å². The van der Waals surface area contributed by atoms with Crippen molar-refractivity contribution in [3.63, 3.8) is 0 Å². The van der Waals surface area contributed by atoms with Crippen LogP contribution in [0.1, 0.15) is 12.6 Å². The number of aromatic nitrogens is 2. The van der Waals surface area contributed by atoms with Crippen LogP contribution >= 0.6 is 0 Å². The summed E-state index contributed by atoms with van der Waals surface area (Å²) in [6, 6.07) is 8.10. The topological polar surface area (TPSA) is 54.6 Å². The van der Waals surface area contributed by atoms with Gasteiger partial charge in [0.05, 0.1) is 0 Å². The zero-order valence-corrected chi connectivity index (χ0v) is 11.7. The molecule has 3 rings (SSSR count). The van der Waals surface area contributed by atoms with Crippen molar-refractivity contribution in [2.45, 2.75) is 20.0 Å². The van der Waals surface area contributed by atoms with Gasteiger partial charge in [-0.05, 0) is 0 Å². The van der Waals surface area contributed by atoms with Crippen LogP contribution in [0.5, 0.6) is 0 Å². The van der Waals surface area contributed by atoms with Gasteiger partial charge in [0.2, 0.25) is 0 Å². The number of benzene rings is 1. The summed E-state index contributed by atoms with van der Waals surface area (Å²) in [7, 11) is 0. The molecule has 0 fully saturated rings. The van der Waals surface area contributed by atoms with Crippen molar-refractivity contribution < 1.29 is 0 Å². The average Bonchev–Trinajstić information content (AvgIpc) is 3.04. The van der Waals surface area contributed by atoms with E-state index < -0.39 is 0 Å². The molecule has 0 radical (unpaired) electrons. The van der Waals surface area contributed by atoms with Gasteiger partial charge in [-0.2, -0.15) is 0 Å². The standard InChI is InChI=1S/C12H13N5Se/c1-2-17-9(6-7-14-17)8-13-10-4-3-5-11-12(10)16-18-15-11/h3-7,13H,2,8H2,1H3. The van der Waals surface area contributed by atoms with E-state index in [0.29, 0.717) is 0 Å². The van der Waals surface area contributed by atoms with Crippen LogP contribution in [0.2, 0.25) is 0 Å². The van der Waals surface area contributed by atoms with E-state index in [-0.39, 0.29) is 14.6 Å². The van der Waals surface area contributed by atoms with Gasteiger partial charge in [-0.1, -0.05) is 0 Å². The maximum absolute atomic E-state index is 4.45. The second kappa shape index (κ2) is 4.92. The Morgan fingerprint density at radius 3 is 3.11 bits per heavy atom. The summed E-state index contributed by atoms with van der Waals surface area (Å²) < 4.78 is 10.8. The fraction of sp³-hybridized carbons (Fsp3) is 0.250. The normalized spacial score (nSPS) is 12.3. The van der Waals surface area contributed by atoms with Gasteiger partial charge >= 0.3 is 111 Å². The molecular weight excluding hydrogens is 293 g/mol. The number of hydrogen-bond donors (Lipinski definition) is 1. The van der Waals surface area contributed by atoms with Crippen LogP contribution in [0.25, 0.3) is 0 Å². The van der Waals surface area contributed by atoms with Crippen molar-refractivity contribution in [1.82, 2.24) is 9.78 Å². The van der Waals surface area contributed by atoms with Gasteiger partial charge in [-0.15, -0.1) is 0 Å². The number of rotatable bonds is 4. The van der Waals surface area contributed by atoms with E-state index in [1.165, 1.54) is 5.69 Å². The van der Waals surface area contributed by atoms with Crippen molar-refractivity contribution >= 4 is 31.6 Å². The molecular formula is C12H13N5Se. The van der Waals surface area contributed by atoms with Crippen LogP contribution in [0, 0.1) is 0 Å². The third-order valence-corrected chi connectivity index (χ3v) is 3.99. The number of hydrogen-bond acceptors (Lipinski definition) is 4. The summed E-state index contributed by atoms with van der Waals surface area (Å²) in [6.07, 6.45) is 1.83. The van der Waals surface area contributed by atoms with E-state index in [4.69, 9.17) is 0 Å². The predicted molar refractivity (Wildman–Crippen MR) is 71.6 cm³/mol. The third-order valence-electron chi connectivity index (χ3n) is 2.85. The van der Waals surface area contributed by atoms with Gasteiger partial charge in [-0.3, -0.25) is 0 Å². The molecule has 0 unspecified atom stereocenters. The monoisotopic (exact) mass is 307 g/mol. The first-order valence-corrected chi connectivity index (χ1v) is 7.37. The average molecular weight is 306 g/mol. The Balaban J connectivity index is 1.79. The van der Waals surface area contributed by atoms with Crippen molar-refractivity contribution in [3.8, 4) is 0 Å². The van der Waals surface area contributed by atoms with Gasteiger partial charge in [0.1, 0.15) is 0 Å². The molecule has 18 heavy (non-hydrogen) atoms. The van der Waals surface area contributed by atoms with Crippen molar-refractivity contribution in [3.05, 3.63) is 36.2 Å². The molecule has 5 nitrogen and oxygen atoms in total. The molecule has 1 N–H and O–H groups in total. The molecule has 6 heteroatoms. The Morgan fingerprint density at radius 2 is 2.22 bits per heavy atom. The fourth-order valence-electron chi connectivity index (χ4n) is 1.93. The number of nitrogens with zero attached hydrogens (tertiary/aromatic N) is 4. The minimum atomic E-state index is 0.0192. The molecule has 1 aromatic carbocycles. The van der Waals surface area contributed by atoms with Gasteiger partial charge < -0.3 is 0 Å². The van der Waals surface area contributed by atoms with Crippen LogP contribution in [0.4, 0.5) is 17.1 Å². The number of fused-ring (bicyclic) bond motifs is 1. The van der Waals surface area contributed by atoms with Gasteiger partial charge in [0.15, 0.2) is 0 Å². The molecule has 0 amide bonds. The summed E-state index contributed by atoms with van der Waals surface area (Å²) >= 11 is 0.0192. The Hall–Kier alpha value is -1.65. The molecule has 92 valence electrons. The van der Waals surface area contributed by atoms with Crippen LogP contribution < -0.4 is 5.32 Å². The first-order valence-electron chi connectivity index (χ1n) is 5.84. The molecule has 0 bridgehead atoms. The van der Waals surface area contributed by atoms with E-state index in [1.807, 2.05) is 35.1 Å². The van der Waals surface area contributed by atoms with Crippen molar-refractivity contribution in [2.75, 3.05) is 5.32 Å². The Labute approximate surface area is 111 Å². The second-order valence-corrected chi connectivity index (χ2v) is 5.04. The van der Waals surface area contributed by atoms with Crippen LogP contribution in [0.15, 0.2) is 38.4 Å². The molecule has 2 aromatic rings. The molecule has 0 saturated carbocycles. The van der Waals surface area contributed by atoms with Gasteiger partial charge in [-0.25, -0.2) is 0 Å². The van der Waals surface area contributed by atoms with Crippen molar-refractivity contribution in [1.29, 1.82) is 0 Å². The summed E-state index contributed by atoms with van der Waals surface area (Å²) in [5, 5.41) is 7.67.